The molecule has 0 amide bonds. The standard InChI is InChI=1S/C11H24N2O/c1-3-11(14,4-2)8-13-10-6-5-9(12)7-10/h9-10,13-14H,3-8,12H2,1-2H3. The zero-order chi connectivity index (χ0) is 10.6. The van der Waals surface area contributed by atoms with Gasteiger partial charge in [0.05, 0.1) is 5.60 Å². The normalized spacial score (nSPS) is 28.3. The molecule has 14 heavy (non-hydrogen) atoms. The van der Waals surface area contributed by atoms with Crippen LogP contribution in [0.25, 0.3) is 0 Å². The third-order valence-corrected chi connectivity index (χ3v) is 3.51. The van der Waals surface area contributed by atoms with Crippen molar-refractivity contribution >= 4 is 0 Å². The number of rotatable bonds is 5. The van der Waals surface area contributed by atoms with Crippen molar-refractivity contribution in [2.45, 2.75) is 63.6 Å². The molecule has 0 aliphatic heterocycles. The summed E-state index contributed by atoms with van der Waals surface area (Å²) in [6.07, 6.45) is 4.97. The fourth-order valence-corrected chi connectivity index (χ4v) is 2.04. The molecule has 2 atom stereocenters. The van der Waals surface area contributed by atoms with Crippen molar-refractivity contribution in [1.82, 2.24) is 5.32 Å². The van der Waals surface area contributed by atoms with Gasteiger partial charge in [0.2, 0.25) is 0 Å². The van der Waals surface area contributed by atoms with Gasteiger partial charge in [0.1, 0.15) is 0 Å². The minimum atomic E-state index is -0.521. The van der Waals surface area contributed by atoms with Crippen molar-refractivity contribution in [3.63, 3.8) is 0 Å². The number of hydrogen-bond donors (Lipinski definition) is 3. The minimum Gasteiger partial charge on any atom is -0.389 e. The summed E-state index contributed by atoms with van der Waals surface area (Å²) in [4.78, 5) is 0. The maximum Gasteiger partial charge on any atom is 0.0766 e. The van der Waals surface area contributed by atoms with Crippen LogP contribution in [0.15, 0.2) is 0 Å². The first-order valence-corrected chi connectivity index (χ1v) is 5.81. The van der Waals surface area contributed by atoms with Crippen LogP contribution in [0.5, 0.6) is 0 Å². The van der Waals surface area contributed by atoms with E-state index in [2.05, 4.69) is 5.32 Å². The number of nitrogens with one attached hydrogen (secondary N) is 1. The topological polar surface area (TPSA) is 58.3 Å². The summed E-state index contributed by atoms with van der Waals surface area (Å²) < 4.78 is 0. The highest BCUT2D eigenvalue weighted by Crippen LogP contribution is 2.19. The molecule has 0 aromatic carbocycles. The van der Waals surface area contributed by atoms with Gasteiger partial charge in [0, 0.05) is 18.6 Å². The van der Waals surface area contributed by atoms with Crippen LogP contribution < -0.4 is 11.1 Å². The van der Waals surface area contributed by atoms with E-state index >= 15 is 0 Å². The predicted octanol–water partition coefficient (Wildman–Crippen LogP) is 1.01. The van der Waals surface area contributed by atoms with E-state index in [9.17, 15) is 5.11 Å². The van der Waals surface area contributed by atoms with Gasteiger partial charge in [-0.25, -0.2) is 0 Å². The van der Waals surface area contributed by atoms with Crippen molar-refractivity contribution < 1.29 is 5.11 Å². The van der Waals surface area contributed by atoms with Crippen LogP contribution in [0.2, 0.25) is 0 Å². The second-order valence-electron chi connectivity index (χ2n) is 4.58. The summed E-state index contributed by atoms with van der Waals surface area (Å²) in [5.74, 6) is 0. The van der Waals surface area contributed by atoms with Gasteiger partial charge in [-0.2, -0.15) is 0 Å². The summed E-state index contributed by atoms with van der Waals surface area (Å²) in [7, 11) is 0. The van der Waals surface area contributed by atoms with Gasteiger partial charge in [0.15, 0.2) is 0 Å². The molecule has 4 N–H and O–H groups in total. The van der Waals surface area contributed by atoms with Gasteiger partial charge in [0.25, 0.3) is 0 Å². The van der Waals surface area contributed by atoms with E-state index in [1.807, 2.05) is 13.8 Å². The average Bonchev–Trinajstić information content (AvgIpc) is 2.61. The van der Waals surface area contributed by atoms with Crippen LogP contribution in [-0.2, 0) is 0 Å². The summed E-state index contributed by atoms with van der Waals surface area (Å²) in [5.41, 5.74) is 5.31. The second kappa shape index (κ2) is 5.10. The highest BCUT2D eigenvalue weighted by atomic mass is 16.3. The zero-order valence-corrected chi connectivity index (χ0v) is 9.42. The molecule has 1 saturated carbocycles. The van der Waals surface area contributed by atoms with Crippen LogP contribution in [0.4, 0.5) is 0 Å². The first-order valence-electron chi connectivity index (χ1n) is 5.81. The number of nitrogens with two attached hydrogens (primary N) is 1. The Labute approximate surface area is 87.1 Å². The molecule has 84 valence electrons. The molecule has 1 rings (SSSR count). The Morgan fingerprint density at radius 3 is 2.43 bits per heavy atom. The maximum absolute atomic E-state index is 10.1. The molecule has 3 heteroatoms. The fraction of sp³-hybridized carbons (Fsp3) is 1.00. The van der Waals surface area contributed by atoms with Gasteiger partial charge in [-0.05, 0) is 32.1 Å². The van der Waals surface area contributed by atoms with E-state index in [0.717, 1.165) is 32.1 Å². The lowest BCUT2D eigenvalue weighted by Crippen LogP contribution is -2.43. The Morgan fingerprint density at radius 1 is 1.36 bits per heavy atom. The average molecular weight is 200 g/mol. The molecule has 0 saturated heterocycles. The third kappa shape index (κ3) is 3.23. The van der Waals surface area contributed by atoms with E-state index in [0.29, 0.717) is 18.6 Å². The first-order chi connectivity index (χ1) is 6.59. The molecule has 0 radical (unpaired) electrons. The largest absolute Gasteiger partial charge is 0.389 e. The lowest BCUT2D eigenvalue weighted by molar-refractivity contribution is 0.0300. The highest BCUT2D eigenvalue weighted by Gasteiger charge is 2.26. The zero-order valence-electron chi connectivity index (χ0n) is 9.42. The van der Waals surface area contributed by atoms with Crippen LogP contribution in [0.3, 0.4) is 0 Å². The smallest absolute Gasteiger partial charge is 0.0766 e. The van der Waals surface area contributed by atoms with Gasteiger partial charge >= 0.3 is 0 Å². The van der Waals surface area contributed by atoms with Gasteiger partial charge in [-0.3, -0.25) is 0 Å². The Bertz CT molecular complexity index is 169. The first kappa shape index (κ1) is 12.0. The number of hydrogen-bond acceptors (Lipinski definition) is 3. The molecular weight excluding hydrogens is 176 g/mol. The fourth-order valence-electron chi connectivity index (χ4n) is 2.04. The summed E-state index contributed by atoms with van der Waals surface area (Å²) >= 11 is 0. The van der Waals surface area contributed by atoms with Gasteiger partial charge in [-0.1, -0.05) is 13.8 Å². The minimum absolute atomic E-state index is 0.365. The molecule has 3 nitrogen and oxygen atoms in total. The van der Waals surface area contributed by atoms with Crippen molar-refractivity contribution in [3.05, 3.63) is 0 Å². The SMILES string of the molecule is CCC(O)(CC)CNC1CCC(N)C1. The molecule has 1 aliphatic carbocycles. The van der Waals surface area contributed by atoms with Crippen molar-refractivity contribution in [2.75, 3.05) is 6.54 Å². The number of aliphatic hydroxyl groups is 1. The Balaban J connectivity index is 2.25. The lowest BCUT2D eigenvalue weighted by Gasteiger charge is -2.27. The molecular formula is C11H24N2O. The van der Waals surface area contributed by atoms with E-state index < -0.39 is 5.60 Å². The van der Waals surface area contributed by atoms with Crippen LogP contribution in [-0.4, -0.2) is 29.3 Å². The van der Waals surface area contributed by atoms with E-state index in [4.69, 9.17) is 5.73 Å². The molecule has 0 heterocycles. The lowest BCUT2D eigenvalue weighted by atomic mass is 9.97. The van der Waals surface area contributed by atoms with Crippen LogP contribution >= 0.6 is 0 Å². The highest BCUT2D eigenvalue weighted by molar-refractivity contribution is 4.86. The third-order valence-electron chi connectivity index (χ3n) is 3.51. The van der Waals surface area contributed by atoms with Gasteiger partial charge in [-0.15, -0.1) is 0 Å². The Kier molecular flexibility index (Phi) is 4.35. The monoisotopic (exact) mass is 200 g/mol. The summed E-state index contributed by atoms with van der Waals surface area (Å²) in [5, 5.41) is 13.5. The van der Waals surface area contributed by atoms with E-state index in [-0.39, 0.29) is 0 Å². The molecule has 0 aromatic heterocycles. The molecule has 2 unspecified atom stereocenters. The van der Waals surface area contributed by atoms with E-state index in [1.165, 1.54) is 0 Å². The molecule has 0 aromatic rings. The maximum atomic E-state index is 10.1. The van der Waals surface area contributed by atoms with Crippen molar-refractivity contribution in [2.24, 2.45) is 5.73 Å². The van der Waals surface area contributed by atoms with Crippen molar-refractivity contribution in [1.29, 1.82) is 0 Å². The van der Waals surface area contributed by atoms with Crippen LogP contribution in [0.1, 0.15) is 46.0 Å². The van der Waals surface area contributed by atoms with E-state index in [1.54, 1.807) is 0 Å². The molecule has 1 aliphatic rings. The quantitative estimate of drug-likeness (QED) is 0.620. The second-order valence-corrected chi connectivity index (χ2v) is 4.58. The molecule has 1 fully saturated rings. The summed E-state index contributed by atoms with van der Waals surface area (Å²) in [6.45, 7) is 4.77. The molecule has 0 bridgehead atoms. The molecule has 0 spiro atoms. The Morgan fingerprint density at radius 2 is 2.00 bits per heavy atom. The van der Waals surface area contributed by atoms with Crippen LogP contribution in [0, 0.1) is 0 Å². The van der Waals surface area contributed by atoms with Crippen molar-refractivity contribution in [3.8, 4) is 0 Å². The predicted molar refractivity (Wildman–Crippen MR) is 59.1 cm³/mol. The Hall–Kier alpha value is -0.120. The summed E-state index contributed by atoms with van der Waals surface area (Å²) in [6, 6.07) is 0.887. The van der Waals surface area contributed by atoms with Gasteiger partial charge < -0.3 is 16.2 Å².